The third kappa shape index (κ3) is 49.9. The maximum Gasteiger partial charge on any atom is 0.305 e. The van der Waals surface area contributed by atoms with Gasteiger partial charge in [0.15, 0.2) is 0 Å². The number of aliphatic hydroxyl groups excluding tert-OH is 2. The zero-order valence-corrected chi connectivity index (χ0v) is 42.6. The molecule has 63 heavy (non-hydrogen) atoms. The Bertz CT molecular complexity index is 939. The van der Waals surface area contributed by atoms with Crippen LogP contribution in [0.3, 0.4) is 0 Å². The summed E-state index contributed by atoms with van der Waals surface area (Å²) in [5.74, 6) is -0.0349. The van der Waals surface area contributed by atoms with Crippen LogP contribution in [-0.4, -0.2) is 47.4 Å². The lowest BCUT2D eigenvalue weighted by atomic mass is 10.0. The molecular weight excluding hydrogens is 779 g/mol. The van der Waals surface area contributed by atoms with E-state index in [1.165, 1.54) is 244 Å². The maximum absolute atomic E-state index is 12.4. The first-order valence-electron chi connectivity index (χ1n) is 28.4. The van der Waals surface area contributed by atoms with Gasteiger partial charge in [0.05, 0.1) is 25.4 Å². The second-order valence-corrected chi connectivity index (χ2v) is 19.6. The molecule has 1 amide bonds. The molecule has 0 saturated heterocycles. The molecule has 0 aromatic carbocycles. The standard InChI is InChI=1S/C57H111NO5/c1-3-5-7-9-11-13-14-15-16-21-25-28-31-35-39-43-47-51-57(62)63-52-48-44-40-36-32-29-26-23-20-18-17-19-22-24-27-30-34-38-42-46-50-56(61)58-54(53-59)55(60)49-45-41-37-33-12-10-8-6-4-2/h17,19,54-55,59-60H,3-16,18,20-53H2,1-2H3,(H,58,61)/b19-17-. The van der Waals surface area contributed by atoms with Gasteiger partial charge in [-0.3, -0.25) is 9.59 Å². The number of carbonyl (C=O) groups is 2. The van der Waals surface area contributed by atoms with Crippen LogP contribution < -0.4 is 5.32 Å². The molecule has 0 aliphatic heterocycles. The van der Waals surface area contributed by atoms with Gasteiger partial charge in [0, 0.05) is 12.8 Å². The van der Waals surface area contributed by atoms with E-state index in [4.69, 9.17) is 4.74 Å². The molecular formula is C57H111NO5. The van der Waals surface area contributed by atoms with Crippen molar-refractivity contribution in [2.45, 2.75) is 328 Å². The molecule has 0 aromatic heterocycles. The number of hydrogen-bond acceptors (Lipinski definition) is 5. The largest absolute Gasteiger partial charge is 0.466 e. The molecule has 0 aliphatic rings. The summed E-state index contributed by atoms with van der Waals surface area (Å²) in [5, 5.41) is 23.1. The lowest BCUT2D eigenvalue weighted by Gasteiger charge is -2.22. The molecule has 2 atom stereocenters. The minimum atomic E-state index is -0.666. The van der Waals surface area contributed by atoms with Crippen LogP contribution in [0.1, 0.15) is 316 Å². The molecule has 0 aliphatic carbocycles. The van der Waals surface area contributed by atoms with Crippen LogP contribution in [-0.2, 0) is 14.3 Å². The Balaban J connectivity index is 3.37. The average Bonchev–Trinajstić information content (AvgIpc) is 3.28. The molecule has 6 nitrogen and oxygen atoms in total. The SMILES string of the molecule is CCCCCCCCCCCCCCCCCCCC(=O)OCCCCCCCCCCC/C=C\CCCCCCCCCC(=O)NC(CO)C(O)CCCCCCCCCCC. The summed E-state index contributed by atoms with van der Waals surface area (Å²) in [6.45, 7) is 4.94. The molecule has 0 spiro atoms. The highest BCUT2D eigenvalue weighted by molar-refractivity contribution is 5.76. The first kappa shape index (κ1) is 61.6. The Labute approximate surface area is 393 Å². The zero-order valence-electron chi connectivity index (χ0n) is 42.6. The third-order valence-corrected chi connectivity index (χ3v) is 13.3. The minimum absolute atomic E-state index is 0.0103. The molecule has 0 saturated carbocycles. The van der Waals surface area contributed by atoms with Gasteiger partial charge in [-0.15, -0.1) is 0 Å². The second kappa shape index (κ2) is 53.2. The Hall–Kier alpha value is -1.40. The number of aliphatic hydroxyl groups is 2. The number of hydrogen-bond donors (Lipinski definition) is 3. The summed E-state index contributed by atoms with van der Waals surface area (Å²) in [6, 6.07) is -0.545. The van der Waals surface area contributed by atoms with Gasteiger partial charge in [-0.2, -0.15) is 0 Å². The highest BCUT2D eigenvalue weighted by Gasteiger charge is 2.20. The van der Waals surface area contributed by atoms with Gasteiger partial charge in [0.25, 0.3) is 0 Å². The number of unbranched alkanes of at least 4 members (excludes halogenated alkanes) is 40. The van der Waals surface area contributed by atoms with E-state index in [1.54, 1.807) is 0 Å². The van der Waals surface area contributed by atoms with Crippen molar-refractivity contribution >= 4 is 11.9 Å². The van der Waals surface area contributed by atoms with E-state index in [-0.39, 0.29) is 18.5 Å². The summed E-state index contributed by atoms with van der Waals surface area (Å²) >= 11 is 0. The van der Waals surface area contributed by atoms with Gasteiger partial charge in [0.1, 0.15) is 0 Å². The Morgan fingerprint density at radius 2 is 0.746 bits per heavy atom. The van der Waals surface area contributed by atoms with Gasteiger partial charge in [0.2, 0.25) is 5.91 Å². The van der Waals surface area contributed by atoms with Crippen LogP contribution in [0.15, 0.2) is 12.2 Å². The molecule has 6 heteroatoms. The van der Waals surface area contributed by atoms with E-state index >= 15 is 0 Å². The Kier molecular flexibility index (Phi) is 52.0. The fraction of sp³-hybridized carbons (Fsp3) is 0.930. The van der Waals surface area contributed by atoms with E-state index in [0.717, 1.165) is 38.5 Å². The summed E-state index contributed by atoms with van der Waals surface area (Å²) in [4.78, 5) is 24.5. The molecule has 0 fully saturated rings. The number of carbonyl (C=O) groups excluding carboxylic acids is 2. The van der Waals surface area contributed by atoms with Gasteiger partial charge < -0.3 is 20.3 Å². The molecule has 0 heterocycles. The van der Waals surface area contributed by atoms with Crippen molar-refractivity contribution in [1.82, 2.24) is 5.32 Å². The quantitative estimate of drug-likeness (QED) is 0.0321. The Morgan fingerprint density at radius 3 is 1.13 bits per heavy atom. The van der Waals surface area contributed by atoms with Gasteiger partial charge in [-0.1, -0.05) is 264 Å². The topological polar surface area (TPSA) is 95.9 Å². The summed E-state index contributed by atoms with van der Waals surface area (Å²) in [7, 11) is 0. The van der Waals surface area contributed by atoms with E-state index in [1.807, 2.05) is 0 Å². The molecule has 0 aromatic rings. The molecule has 3 N–H and O–H groups in total. The summed E-state index contributed by atoms with van der Waals surface area (Å²) in [6.07, 6.45) is 62.1. The minimum Gasteiger partial charge on any atom is -0.466 e. The predicted octanol–water partition coefficient (Wildman–Crippen LogP) is 17.3. The van der Waals surface area contributed by atoms with Crippen molar-refractivity contribution in [1.29, 1.82) is 0 Å². The monoisotopic (exact) mass is 890 g/mol. The van der Waals surface area contributed by atoms with Crippen molar-refractivity contribution < 1.29 is 24.5 Å². The van der Waals surface area contributed by atoms with Gasteiger partial charge in [-0.05, 0) is 51.4 Å². The fourth-order valence-corrected chi connectivity index (χ4v) is 8.93. The number of amides is 1. The van der Waals surface area contributed by atoms with Gasteiger partial charge in [-0.25, -0.2) is 0 Å². The number of rotatable bonds is 53. The van der Waals surface area contributed by atoms with Crippen LogP contribution >= 0.6 is 0 Å². The first-order chi connectivity index (χ1) is 31.0. The lowest BCUT2D eigenvalue weighted by Crippen LogP contribution is -2.45. The van der Waals surface area contributed by atoms with Crippen molar-refractivity contribution in [3.05, 3.63) is 12.2 Å². The number of esters is 1. The van der Waals surface area contributed by atoms with Crippen LogP contribution in [0.4, 0.5) is 0 Å². The summed E-state index contributed by atoms with van der Waals surface area (Å²) < 4.78 is 5.49. The molecule has 0 bridgehead atoms. The van der Waals surface area contributed by atoms with Crippen molar-refractivity contribution in [2.24, 2.45) is 0 Å². The second-order valence-electron chi connectivity index (χ2n) is 19.6. The number of ether oxygens (including phenoxy) is 1. The number of allylic oxidation sites excluding steroid dienone is 2. The summed E-state index contributed by atoms with van der Waals surface area (Å²) in [5.41, 5.74) is 0. The molecule has 2 unspecified atom stereocenters. The first-order valence-corrected chi connectivity index (χ1v) is 28.4. The maximum atomic E-state index is 12.4. The fourth-order valence-electron chi connectivity index (χ4n) is 8.93. The molecule has 0 rings (SSSR count). The molecule has 0 radical (unpaired) electrons. The normalized spacial score (nSPS) is 12.6. The van der Waals surface area contributed by atoms with E-state index in [9.17, 15) is 19.8 Å². The smallest absolute Gasteiger partial charge is 0.305 e. The van der Waals surface area contributed by atoms with Crippen LogP contribution in [0.5, 0.6) is 0 Å². The van der Waals surface area contributed by atoms with E-state index < -0.39 is 12.1 Å². The highest BCUT2D eigenvalue weighted by Crippen LogP contribution is 2.17. The van der Waals surface area contributed by atoms with E-state index in [0.29, 0.717) is 25.9 Å². The zero-order chi connectivity index (χ0) is 45.8. The van der Waals surface area contributed by atoms with Crippen molar-refractivity contribution in [3.8, 4) is 0 Å². The third-order valence-electron chi connectivity index (χ3n) is 13.3. The average molecular weight is 891 g/mol. The Morgan fingerprint density at radius 1 is 0.429 bits per heavy atom. The van der Waals surface area contributed by atoms with Crippen LogP contribution in [0.2, 0.25) is 0 Å². The molecule has 374 valence electrons. The highest BCUT2D eigenvalue weighted by atomic mass is 16.5. The van der Waals surface area contributed by atoms with Crippen molar-refractivity contribution in [2.75, 3.05) is 13.2 Å². The van der Waals surface area contributed by atoms with Crippen LogP contribution in [0.25, 0.3) is 0 Å². The lowest BCUT2D eigenvalue weighted by molar-refractivity contribution is -0.143. The van der Waals surface area contributed by atoms with Crippen LogP contribution in [0, 0.1) is 0 Å². The van der Waals surface area contributed by atoms with E-state index in [2.05, 4.69) is 31.3 Å². The predicted molar refractivity (Wildman–Crippen MR) is 273 cm³/mol. The number of nitrogens with one attached hydrogen (secondary N) is 1. The van der Waals surface area contributed by atoms with Gasteiger partial charge >= 0.3 is 5.97 Å². The van der Waals surface area contributed by atoms with Crippen molar-refractivity contribution in [3.63, 3.8) is 0 Å².